The van der Waals surface area contributed by atoms with E-state index in [1.54, 1.807) is 7.11 Å². The third-order valence-electron chi connectivity index (χ3n) is 8.39. The molecule has 0 atom stereocenters. The second-order valence-corrected chi connectivity index (χ2v) is 11.5. The van der Waals surface area contributed by atoms with Crippen LogP contribution in [0.25, 0.3) is 21.8 Å². The molecule has 6 aromatic rings. The van der Waals surface area contributed by atoms with Gasteiger partial charge in [0.05, 0.1) is 31.2 Å². The quantitative estimate of drug-likeness (QED) is 0.114. The van der Waals surface area contributed by atoms with Crippen LogP contribution in [-0.4, -0.2) is 34.9 Å². The number of amidine groups is 1. The van der Waals surface area contributed by atoms with Gasteiger partial charge in [0.25, 0.3) is 0 Å². The number of aromatic nitrogens is 2. The molecule has 0 saturated heterocycles. The van der Waals surface area contributed by atoms with Crippen LogP contribution in [0.15, 0.2) is 109 Å². The second-order valence-electron chi connectivity index (χ2n) is 11.5. The SMILES string of the molecule is COc1ccc(CNCC(=O)N(Cc2ccc3ccccc3c2)c2ccc3c(c2)nc(CCc2ccc(C(=N)N)cc2)n3C)cc1. The number of aryl methyl sites for hydroxylation is 3. The molecular formula is C38H38N6O2. The van der Waals surface area contributed by atoms with Crippen LogP contribution in [0, 0.1) is 5.41 Å². The molecule has 6 rings (SSSR count). The number of carbonyl (C=O) groups is 1. The van der Waals surface area contributed by atoms with Gasteiger partial charge in [-0.3, -0.25) is 10.2 Å². The van der Waals surface area contributed by atoms with Crippen molar-refractivity contribution in [2.24, 2.45) is 12.8 Å². The van der Waals surface area contributed by atoms with E-state index in [4.69, 9.17) is 20.9 Å². The van der Waals surface area contributed by atoms with Gasteiger partial charge in [-0.05, 0) is 70.3 Å². The van der Waals surface area contributed by atoms with Crippen molar-refractivity contribution < 1.29 is 9.53 Å². The van der Waals surface area contributed by atoms with Crippen molar-refractivity contribution >= 4 is 39.2 Å². The highest BCUT2D eigenvalue weighted by molar-refractivity contribution is 5.97. The normalized spacial score (nSPS) is 11.2. The molecule has 0 aliphatic heterocycles. The lowest BCUT2D eigenvalue weighted by atomic mass is 10.1. The number of nitrogen functional groups attached to an aromatic ring is 1. The Kier molecular flexibility index (Phi) is 9.08. The molecular weight excluding hydrogens is 572 g/mol. The van der Waals surface area contributed by atoms with Crippen molar-refractivity contribution in [1.29, 1.82) is 5.41 Å². The Morgan fingerprint density at radius 1 is 0.870 bits per heavy atom. The Morgan fingerprint density at radius 3 is 2.33 bits per heavy atom. The maximum Gasteiger partial charge on any atom is 0.241 e. The average molecular weight is 611 g/mol. The number of imidazole rings is 1. The molecule has 0 spiro atoms. The largest absolute Gasteiger partial charge is 0.497 e. The number of hydrogen-bond acceptors (Lipinski definition) is 5. The first kappa shape index (κ1) is 30.6. The minimum atomic E-state index is -0.0221. The minimum absolute atomic E-state index is 0.0221. The van der Waals surface area contributed by atoms with Crippen LogP contribution in [0.1, 0.15) is 28.1 Å². The number of amides is 1. The standard InChI is InChI=1S/C38H38N6O2/c1-43-35-19-16-32(22-34(35)42-36(43)20-12-26-7-14-30(15-8-26)38(39)40)44(25-28-9-13-29-5-3-4-6-31(29)21-28)37(45)24-41-23-27-10-17-33(46-2)18-11-27/h3-11,13-19,21-22,41H,12,20,23-25H2,1-2H3,(H3,39,40). The molecule has 0 unspecified atom stereocenters. The number of nitrogens with zero attached hydrogens (tertiary/aromatic N) is 3. The van der Waals surface area contributed by atoms with Gasteiger partial charge in [-0.2, -0.15) is 0 Å². The zero-order valence-corrected chi connectivity index (χ0v) is 26.2. The maximum absolute atomic E-state index is 13.8. The second kappa shape index (κ2) is 13.7. The summed E-state index contributed by atoms with van der Waals surface area (Å²) < 4.78 is 7.38. The van der Waals surface area contributed by atoms with Crippen molar-refractivity contribution in [2.75, 3.05) is 18.6 Å². The average Bonchev–Trinajstić information content (AvgIpc) is 3.40. The Labute approximate surface area is 268 Å². The van der Waals surface area contributed by atoms with Crippen molar-refractivity contribution in [3.63, 3.8) is 0 Å². The van der Waals surface area contributed by atoms with Gasteiger partial charge in [0.2, 0.25) is 5.91 Å². The van der Waals surface area contributed by atoms with Crippen LogP contribution >= 0.6 is 0 Å². The highest BCUT2D eigenvalue weighted by Gasteiger charge is 2.19. The lowest BCUT2D eigenvalue weighted by Crippen LogP contribution is -2.37. The molecule has 0 aliphatic rings. The first-order valence-corrected chi connectivity index (χ1v) is 15.4. The molecule has 8 nitrogen and oxygen atoms in total. The molecule has 1 heterocycles. The number of benzene rings is 5. The van der Waals surface area contributed by atoms with E-state index in [0.717, 1.165) is 68.8 Å². The summed E-state index contributed by atoms with van der Waals surface area (Å²) in [7, 11) is 3.68. The molecule has 232 valence electrons. The minimum Gasteiger partial charge on any atom is -0.497 e. The molecule has 8 heteroatoms. The molecule has 1 aromatic heterocycles. The summed E-state index contributed by atoms with van der Waals surface area (Å²) in [6.07, 6.45) is 1.57. The molecule has 1 amide bonds. The van der Waals surface area contributed by atoms with E-state index in [1.807, 2.05) is 90.8 Å². The zero-order valence-electron chi connectivity index (χ0n) is 26.2. The fraction of sp³-hybridized carbons (Fsp3) is 0.184. The van der Waals surface area contributed by atoms with Crippen molar-refractivity contribution in [1.82, 2.24) is 14.9 Å². The summed E-state index contributed by atoms with van der Waals surface area (Å²) in [6, 6.07) is 36.3. The highest BCUT2D eigenvalue weighted by Crippen LogP contribution is 2.26. The van der Waals surface area contributed by atoms with Crippen LogP contribution in [0.4, 0.5) is 5.69 Å². The van der Waals surface area contributed by atoms with Gasteiger partial charge in [-0.1, -0.05) is 72.8 Å². The van der Waals surface area contributed by atoms with Gasteiger partial charge < -0.3 is 25.3 Å². The summed E-state index contributed by atoms with van der Waals surface area (Å²) in [4.78, 5) is 20.7. The van der Waals surface area contributed by atoms with Crippen LogP contribution in [0.3, 0.4) is 0 Å². The summed E-state index contributed by atoms with van der Waals surface area (Å²) in [5.74, 6) is 1.82. The number of nitrogens with one attached hydrogen (secondary N) is 2. The summed E-state index contributed by atoms with van der Waals surface area (Å²) in [5.41, 5.74) is 12.3. The van der Waals surface area contributed by atoms with Crippen LogP contribution in [0.2, 0.25) is 0 Å². The lowest BCUT2D eigenvalue weighted by Gasteiger charge is -2.24. The van der Waals surface area contributed by atoms with Gasteiger partial charge in [0.15, 0.2) is 0 Å². The fourth-order valence-electron chi connectivity index (χ4n) is 5.73. The lowest BCUT2D eigenvalue weighted by molar-refractivity contribution is -0.118. The number of nitrogens with two attached hydrogens (primary N) is 1. The Balaban J connectivity index is 1.23. The summed E-state index contributed by atoms with van der Waals surface area (Å²) >= 11 is 0. The van der Waals surface area contributed by atoms with Crippen LogP contribution in [0.5, 0.6) is 5.75 Å². The third-order valence-corrected chi connectivity index (χ3v) is 8.39. The van der Waals surface area contributed by atoms with E-state index < -0.39 is 0 Å². The molecule has 0 fully saturated rings. The number of methoxy groups -OCH3 is 1. The number of rotatable bonds is 12. The molecule has 46 heavy (non-hydrogen) atoms. The molecule has 0 saturated carbocycles. The van der Waals surface area contributed by atoms with Crippen molar-refractivity contribution in [2.45, 2.75) is 25.9 Å². The fourth-order valence-corrected chi connectivity index (χ4v) is 5.73. The van der Waals surface area contributed by atoms with Crippen LogP contribution < -0.4 is 20.7 Å². The van der Waals surface area contributed by atoms with Crippen molar-refractivity contribution in [3.8, 4) is 5.75 Å². The van der Waals surface area contributed by atoms with E-state index >= 15 is 0 Å². The molecule has 4 N–H and O–H groups in total. The number of carbonyl (C=O) groups excluding carboxylic acids is 1. The van der Waals surface area contributed by atoms with E-state index in [1.165, 1.54) is 5.39 Å². The summed E-state index contributed by atoms with van der Waals surface area (Å²) in [5, 5.41) is 13.3. The topological polar surface area (TPSA) is 109 Å². The first-order chi connectivity index (χ1) is 22.4. The Morgan fingerprint density at radius 2 is 1.59 bits per heavy atom. The van der Waals surface area contributed by atoms with Crippen LogP contribution in [-0.2, 0) is 37.8 Å². The van der Waals surface area contributed by atoms with Gasteiger partial charge in [-0.15, -0.1) is 0 Å². The predicted octanol–water partition coefficient (Wildman–Crippen LogP) is 6.13. The Hall–Kier alpha value is -5.47. The third kappa shape index (κ3) is 6.92. The number of anilines is 1. The molecule has 0 bridgehead atoms. The van der Waals surface area contributed by atoms with Gasteiger partial charge in [0.1, 0.15) is 17.4 Å². The number of fused-ring (bicyclic) bond motifs is 2. The van der Waals surface area contributed by atoms with E-state index in [9.17, 15) is 4.79 Å². The molecule has 0 aliphatic carbocycles. The first-order valence-electron chi connectivity index (χ1n) is 15.4. The molecule has 5 aromatic carbocycles. The number of ether oxygens (including phenoxy) is 1. The highest BCUT2D eigenvalue weighted by atomic mass is 16.5. The van der Waals surface area contributed by atoms with Crippen molar-refractivity contribution in [3.05, 3.63) is 137 Å². The Bertz CT molecular complexity index is 2000. The van der Waals surface area contributed by atoms with E-state index in [2.05, 4.69) is 40.2 Å². The van der Waals surface area contributed by atoms with E-state index in [0.29, 0.717) is 13.1 Å². The maximum atomic E-state index is 13.8. The monoisotopic (exact) mass is 610 g/mol. The zero-order chi connectivity index (χ0) is 32.0. The smallest absolute Gasteiger partial charge is 0.241 e. The summed E-state index contributed by atoms with van der Waals surface area (Å²) in [6.45, 7) is 1.20. The molecule has 0 radical (unpaired) electrons. The van der Waals surface area contributed by atoms with Gasteiger partial charge >= 0.3 is 0 Å². The van der Waals surface area contributed by atoms with Gasteiger partial charge in [0, 0.05) is 31.3 Å². The van der Waals surface area contributed by atoms with Gasteiger partial charge in [-0.25, -0.2) is 4.98 Å². The predicted molar refractivity (Wildman–Crippen MR) is 185 cm³/mol. The number of hydrogen-bond donors (Lipinski definition) is 3. The van der Waals surface area contributed by atoms with E-state index in [-0.39, 0.29) is 18.3 Å².